The van der Waals surface area contributed by atoms with Crippen molar-refractivity contribution in [1.82, 2.24) is 0 Å². The van der Waals surface area contributed by atoms with Gasteiger partial charge >= 0.3 is 0 Å². The number of hydrogen-bond donors (Lipinski definition) is 1. The van der Waals surface area contributed by atoms with Crippen molar-refractivity contribution in [1.29, 1.82) is 0 Å². The van der Waals surface area contributed by atoms with Gasteiger partial charge in [0.1, 0.15) is 11.6 Å². The molecule has 0 amide bonds. The maximum atomic E-state index is 13.0. The van der Waals surface area contributed by atoms with Gasteiger partial charge in [0.15, 0.2) is 0 Å². The van der Waals surface area contributed by atoms with E-state index in [9.17, 15) is 4.39 Å². The van der Waals surface area contributed by atoms with Gasteiger partial charge in [0.05, 0.1) is 12.3 Å². The molecule has 2 rings (SSSR count). The summed E-state index contributed by atoms with van der Waals surface area (Å²) in [6.07, 6.45) is 0.884. The lowest BCUT2D eigenvalue weighted by Gasteiger charge is -2.08. The Morgan fingerprint density at radius 2 is 1.95 bits per heavy atom. The first-order valence-corrected chi connectivity index (χ1v) is 7.10. The normalized spacial score (nSPS) is 10.4. The van der Waals surface area contributed by atoms with E-state index in [4.69, 9.17) is 10.5 Å². The van der Waals surface area contributed by atoms with Crippen LogP contribution in [-0.4, -0.2) is 12.4 Å². The van der Waals surface area contributed by atoms with Gasteiger partial charge in [-0.15, -0.1) is 11.8 Å². The highest BCUT2D eigenvalue weighted by atomic mass is 32.2. The monoisotopic (exact) mass is 277 g/mol. The van der Waals surface area contributed by atoms with E-state index in [0.717, 1.165) is 22.8 Å². The molecular weight excluding hydrogens is 261 g/mol. The van der Waals surface area contributed by atoms with Crippen molar-refractivity contribution < 1.29 is 9.13 Å². The van der Waals surface area contributed by atoms with Crippen molar-refractivity contribution in [2.24, 2.45) is 0 Å². The third-order valence-electron chi connectivity index (χ3n) is 2.53. The molecule has 2 aromatic rings. The summed E-state index contributed by atoms with van der Waals surface area (Å²) in [5.74, 6) is 1.41. The fourth-order valence-electron chi connectivity index (χ4n) is 1.60. The maximum Gasteiger partial charge on any atom is 0.142 e. The predicted molar refractivity (Wildman–Crippen MR) is 78.1 cm³/mol. The van der Waals surface area contributed by atoms with E-state index in [0.29, 0.717) is 12.3 Å². The molecule has 0 unspecified atom stereocenters. The van der Waals surface area contributed by atoms with Crippen molar-refractivity contribution >= 4 is 17.4 Å². The first-order valence-electron chi connectivity index (χ1n) is 6.11. The summed E-state index contributed by atoms with van der Waals surface area (Å²) in [4.78, 5) is 0.944. The van der Waals surface area contributed by atoms with Crippen LogP contribution in [0.15, 0.2) is 53.4 Å². The number of ether oxygens (including phenoxy) is 1. The molecule has 4 heteroatoms. The highest BCUT2D eigenvalue weighted by Gasteiger charge is 1.99. The van der Waals surface area contributed by atoms with E-state index < -0.39 is 0 Å². The molecule has 100 valence electrons. The summed E-state index contributed by atoms with van der Waals surface area (Å²) in [5.41, 5.74) is 6.42. The maximum absolute atomic E-state index is 13.0. The molecule has 0 aliphatic rings. The predicted octanol–water partition coefficient (Wildman–Crippen LogP) is 3.97. The molecule has 0 heterocycles. The molecule has 0 aromatic heterocycles. The molecule has 0 spiro atoms. The average Bonchev–Trinajstić information content (AvgIpc) is 2.40. The van der Waals surface area contributed by atoms with Gasteiger partial charge in [0.25, 0.3) is 0 Å². The average molecular weight is 277 g/mol. The van der Waals surface area contributed by atoms with Gasteiger partial charge in [-0.2, -0.15) is 0 Å². The van der Waals surface area contributed by atoms with E-state index in [1.54, 1.807) is 23.9 Å². The van der Waals surface area contributed by atoms with Crippen LogP contribution >= 0.6 is 11.8 Å². The van der Waals surface area contributed by atoms with Gasteiger partial charge in [-0.1, -0.05) is 18.2 Å². The molecule has 0 radical (unpaired) electrons. The van der Waals surface area contributed by atoms with E-state index in [1.807, 2.05) is 30.3 Å². The van der Waals surface area contributed by atoms with Gasteiger partial charge in [-0.25, -0.2) is 4.39 Å². The van der Waals surface area contributed by atoms with E-state index in [2.05, 4.69) is 0 Å². The van der Waals surface area contributed by atoms with Gasteiger partial charge in [0, 0.05) is 10.6 Å². The minimum absolute atomic E-state index is 0.196. The number of benzene rings is 2. The van der Waals surface area contributed by atoms with Gasteiger partial charge < -0.3 is 10.5 Å². The zero-order valence-corrected chi connectivity index (χ0v) is 11.3. The fourth-order valence-corrected chi connectivity index (χ4v) is 2.47. The molecule has 2 N–H and O–H groups in total. The first-order chi connectivity index (χ1) is 9.25. The molecule has 0 saturated carbocycles. The third-order valence-corrected chi connectivity index (χ3v) is 3.61. The molecule has 0 fully saturated rings. The molecule has 0 aliphatic heterocycles. The number of thioether (sulfide) groups is 1. The Labute approximate surface area is 116 Å². The van der Waals surface area contributed by atoms with Crippen LogP contribution < -0.4 is 10.5 Å². The van der Waals surface area contributed by atoms with Crippen LogP contribution in [-0.2, 0) is 0 Å². The molecule has 19 heavy (non-hydrogen) atoms. The van der Waals surface area contributed by atoms with Crippen molar-refractivity contribution in [3.05, 3.63) is 54.3 Å². The Bertz CT molecular complexity index is 533. The van der Waals surface area contributed by atoms with E-state index >= 15 is 0 Å². The second-order valence-electron chi connectivity index (χ2n) is 4.05. The first kappa shape index (κ1) is 13.7. The van der Waals surface area contributed by atoms with Crippen LogP contribution in [0.2, 0.25) is 0 Å². The standard InChI is InChI=1S/C15H16FNOS/c16-12-5-3-6-13(11-12)19-10-4-9-18-15-8-2-1-7-14(15)17/h1-3,5-8,11H,4,9-10,17H2. The largest absolute Gasteiger partial charge is 0.491 e. The summed E-state index contributed by atoms with van der Waals surface area (Å²) < 4.78 is 18.5. The van der Waals surface area contributed by atoms with Crippen molar-refractivity contribution in [2.45, 2.75) is 11.3 Å². The number of hydrogen-bond acceptors (Lipinski definition) is 3. The molecule has 0 bridgehead atoms. The summed E-state index contributed by atoms with van der Waals surface area (Å²) >= 11 is 1.62. The number of anilines is 1. The number of nitrogens with two attached hydrogens (primary N) is 1. The summed E-state index contributed by atoms with van der Waals surface area (Å²) in [5, 5.41) is 0. The topological polar surface area (TPSA) is 35.2 Å². The van der Waals surface area contributed by atoms with Gasteiger partial charge in [-0.05, 0) is 36.8 Å². The van der Waals surface area contributed by atoms with Crippen molar-refractivity contribution in [3.8, 4) is 5.75 Å². The minimum Gasteiger partial charge on any atom is -0.491 e. The zero-order chi connectivity index (χ0) is 13.5. The second-order valence-corrected chi connectivity index (χ2v) is 5.21. The van der Waals surface area contributed by atoms with Crippen LogP contribution in [0.5, 0.6) is 5.75 Å². The SMILES string of the molecule is Nc1ccccc1OCCCSc1cccc(F)c1. The Kier molecular flexibility index (Phi) is 5.10. The van der Waals surface area contributed by atoms with Crippen LogP contribution in [0.25, 0.3) is 0 Å². The second kappa shape index (κ2) is 7.04. The minimum atomic E-state index is -0.196. The van der Waals surface area contributed by atoms with Gasteiger partial charge in [0.2, 0.25) is 0 Å². The Morgan fingerprint density at radius 3 is 2.74 bits per heavy atom. The number of halogens is 1. The Morgan fingerprint density at radius 1 is 1.11 bits per heavy atom. The lowest BCUT2D eigenvalue weighted by atomic mass is 10.3. The van der Waals surface area contributed by atoms with Crippen LogP contribution in [0.3, 0.4) is 0 Å². The van der Waals surface area contributed by atoms with Crippen molar-refractivity contribution in [2.75, 3.05) is 18.1 Å². The van der Waals surface area contributed by atoms with E-state index in [1.165, 1.54) is 6.07 Å². The third kappa shape index (κ3) is 4.48. The van der Waals surface area contributed by atoms with Crippen molar-refractivity contribution in [3.63, 3.8) is 0 Å². The van der Waals surface area contributed by atoms with Crippen LogP contribution in [0.4, 0.5) is 10.1 Å². The lowest BCUT2D eigenvalue weighted by Crippen LogP contribution is -2.01. The van der Waals surface area contributed by atoms with Crippen LogP contribution in [0, 0.1) is 5.82 Å². The summed E-state index contributed by atoms with van der Waals surface area (Å²) in [6, 6.07) is 14.1. The number of rotatable bonds is 6. The van der Waals surface area contributed by atoms with Gasteiger partial charge in [-0.3, -0.25) is 0 Å². The molecule has 0 saturated heterocycles. The quantitative estimate of drug-likeness (QED) is 0.493. The molecule has 0 atom stereocenters. The highest BCUT2D eigenvalue weighted by Crippen LogP contribution is 2.21. The Balaban J connectivity index is 1.69. The lowest BCUT2D eigenvalue weighted by molar-refractivity contribution is 0.320. The molecular formula is C15H16FNOS. The zero-order valence-electron chi connectivity index (χ0n) is 10.5. The van der Waals surface area contributed by atoms with Crippen LogP contribution in [0.1, 0.15) is 6.42 Å². The smallest absolute Gasteiger partial charge is 0.142 e. The molecule has 2 aromatic carbocycles. The van der Waals surface area contributed by atoms with E-state index in [-0.39, 0.29) is 5.82 Å². The number of nitrogen functional groups attached to an aromatic ring is 1. The summed E-state index contributed by atoms with van der Waals surface area (Å²) in [6.45, 7) is 0.608. The number of para-hydroxylation sites is 2. The Hall–Kier alpha value is -1.68. The highest BCUT2D eigenvalue weighted by molar-refractivity contribution is 7.99. The fraction of sp³-hybridized carbons (Fsp3) is 0.200. The summed E-state index contributed by atoms with van der Waals surface area (Å²) in [7, 11) is 0. The molecule has 2 nitrogen and oxygen atoms in total. The molecule has 0 aliphatic carbocycles.